The summed E-state index contributed by atoms with van der Waals surface area (Å²) in [4.78, 5) is 19.1. The number of amides is 1. The highest BCUT2D eigenvalue weighted by molar-refractivity contribution is 7.12. The summed E-state index contributed by atoms with van der Waals surface area (Å²) < 4.78 is 1.91. The zero-order chi connectivity index (χ0) is 15.9. The van der Waals surface area contributed by atoms with E-state index in [1.54, 1.807) is 0 Å². The number of hydrogen-bond acceptors (Lipinski definition) is 4. The molecule has 122 valence electrons. The number of thiazole rings is 1. The minimum Gasteiger partial charge on any atom is -0.389 e. The quantitative estimate of drug-likeness (QED) is 0.920. The van der Waals surface area contributed by atoms with Crippen LogP contribution in [0.2, 0.25) is 0 Å². The molecule has 1 aliphatic carbocycles. The average Bonchev–Trinajstić information content (AvgIpc) is 3.24. The Bertz CT molecular complexity index is 697. The average molecular weight is 331 g/mol. The lowest BCUT2D eigenvalue weighted by Gasteiger charge is -2.47. The van der Waals surface area contributed by atoms with E-state index >= 15 is 0 Å². The predicted molar refractivity (Wildman–Crippen MR) is 88.9 cm³/mol. The second kappa shape index (κ2) is 5.76. The molecule has 0 spiro atoms. The second-order valence-electron chi connectivity index (χ2n) is 6.65. The number of likely N-dealkylation sites (tertiary alicyclic amines) is 1. The van der Waals surface area contributed by atoms with E-state index in [1.807, 2.05) is 39.4 Å². The van der Waals surface area contributed by atoms with Crippen molar-refractivity contribution in [1.82, 2.24) is 14.5 Å². The fourth-order valence-corrected chi connectivity index (χ4v) is 4.63. The van der Waals surface area contributed by atoms with Crippen LogP contribution in [0.3, 0.4) is 0 Å². The van der Waals surface area contributed by atoms with E-state index in [0.29, 0.717) is 25.2 Å². The summed E-state index contributed by atoms with van der Waals surface area (Å²) in [6.07, 6.45) is 8.71. The molecule has 6 heteroatoms. The zero-order valence-electron chi connectivity index (χ0n) is 13.0. The van der Waals surface area contributed by atoms with Gasteiger partial charge in [0.05, 0.1) is 5.60 Å². The highest BCUT2D eigenvalue weighted by Crippen LogP contribution is 2.40. The van der Waals surface area contributed by atoms with Gasteiger partial charge in [-0.25, -0.2) is 4.98 Å². The van der Waals surface area contributed by atoms with Crippen LogP contribution in [0.5, 0.6) is 0 Å². The number of aliphatic hydroxyl groups is 1. The minimum atomic E-state index is -0.548. The Morgan fingerprint density at radius 2 is 2.13 bits per heavy atom. The van der Waals surface area contributed by atoms with E-state index in [0.717, 1.165) is 30.8 Å². The van der Waals surface area contributed by atoms with Gasteiger partial charge in [0, 0.05) is 36.8 Å². The van der Waals surface area contributed by atoms with Crippen molar-refractivity contribution in [1.29, 1.82) is 0 Å². The molecular formula is C17H21N3O2S. The first kappa shape index (κ1) is 14.9. The number of fused-ring (bicyclic) bond motifs is 1. The Morgan fingerprint density at radius 3 is 2.96 bits per heavy atom. The molecule has 2 aliphatic rings. The van der Waals surface area contributed by atoms with E-state index < -0.39 is 5.60 Å². The minimum absolute atomic E-state index is 0.00715. The van der Waals surface area contributed by atoms with Crippen molar-refractivity contribution in [3.8, 4) is 5.13 Å². The Balaban J connectivity index is 1.49. The van der Waals surface area contributed by atoms with Crippen LogP contribution in [0.4, 0.5) is 0 Å². The van der Waals surface area contributed by atoms with Gasteiger partial charge in [-0.15, -0.1) is 11.3 Å². The molecule has 1 amide bonds. The summed E-state index contributed by atoms with van der Waals surface area (Å²) in [6.45, 7) is 1.29. The van der Waals surface area contributed by atoms with E-state index in [2.05, 4.69) is 4.98 Å². The maximum Gasteiger partial charge on any atom is 0.273 e. The van der Waals surface area contributed by atoms with Gasteiger partial charge in [-0.2, -0.15) is 0 Å². The van der Waals surface area contributed by atoms with Gasteiger partial charge in [0.2, 0.25) is 0 Å². The summed E-state index contributed by atoms with van der Waals surface area (Å²) in [5, 5.41) is 13.4. The molecule has 0 bridgehead atoms. The third-order valence-electron chi connectivity index (χ3n) is 5.25. The standard InChI is InChI=1S/C17H21N3O2S/c21-15(14-12-23-16(18-14)19-8-3-4-9-19)20-10-7-17(22)6-2-1-5-13(17)11-20/h3-4,8-9,12-13,22H,1-2,5-7,10-11H2. The van der Waals surface area contributed by atoms with E-state index in [9.17, 15) is 9.90 Å². The summed E-state index contributed by atoms with van der Waals surface area (Å²) in [7, 11) is 0. The van der Waals surface area contributed by atoms with Crippen molar-refractivity contribution in [2.75, 3.05) is 13.1 Å². The molecule has 2 aromatic rings. The van der Waals surface area contributed by atoms with Gasteiger partial charge in [-0.1, -0.05) is 12.8 Å². The van der Waals surface area contributed by atoms with Crippen molar-refractivity contribution in [2.45, 2.75) is 37.7 Å². The van der Waals surface area contributed by atoms with E-state index in [-0.39, 0.29) is 11.8 Å². The van der Waals surface area contributed by atoms with Crippen molar-refractivity contribution in [3.05, 3.63) is 35.6 Å². The number of hydrogen-bond donors (Lipinski definition) is 1. The first-order valence-electron chi connectivity index (χ1n) is 8.26. The predicted octanol–water partition coefficient (Wildman–Crippen LogP) is 2.70. The summed E-state index contributed by atoms with van der Waals surface area (Å²) in [6, 6.07) is 3.88. The van der Waals surface area contributed by atoms with Crippen LogP contribution in [-0.4, -0.2) is 44.2 Å². The monoisotopic (exact) mass is 331 g/mol. The van der Waals surface area contributed by atoms with Crippen LogP contribution in [0, 0.1) is 5.92 Å². The molecule has 1 aliphatic heterocycles. The maximum absolute atomic E-state index is 12.7. The molecule has 1 saturated heterocycles. The van der Waals surface area contributed by atoms with Crippen LogP contribution in [0.15, 0.2) is 29.9 Å². The summed E-state index contributed by atoms with van der Waals surface area (Å²) >= 11 is 1.48. The van der Waals surface area contributed by atoms with Crippen LogP contribution in [-0.2, 0) is 0 Å². The molecule has 2 aromatic heterocycles. The largest absolute Gasteiger partial charge is 0.389 e. The van der Waals surface area contributed by atoms with Crippen molar-refractivity contribution >= 4 is 17.2 Å². The van der Waals surface area contributed by atoms with Gasteiger partial charge in [0.1, 0.15) is 5.69 Å². The van der Waals surface area contributed by atoms with Crippen LogP contribution in [0.1, 0.15) is 42.6 Å². The van der Waals surface area contributed by atoms with Crippen LogP contribution < -0.4 is 0 Å². The Hall–Kier alpha value is -1.66. The van der Waals surface area contributed by atoms with Crippen molar-refractivity contribution in [2.24, 2.45) is 5.92 Å². The molecule has 4 rings (SSSR count). The topological polar surface area (TPSA) is 58.4 Å². The fourth-order valence-electron chi connectivity index (χ4n) is 3.86. The normalized spacial score (nSPS) is 27.7. The highest BCUT2D eigenvalue weighted by Gasteiger charge is 2.44. The molecule has 23 heavy (non-hydrogen) atoms. The van der Waals surface area contributed by atoms with Crippen molar-refractivity contribution in [3.63, 3.8) is 0 Å². The van der Waals surface area contributed by atoms with Gasteiger partial charge in [-0.05, 0) is 31.4 Å². The molecule has 0 radical (unpaired) electrons. The Kier molecular flexibility index (Phi) is 3.73. The van der Waals surface area contributed by atoms with Gasteiger partial charge in [0.25, 0.3) is 5.91 Å². The smallest absolute Gasteiger partial charge is 0.273 e. The number of carbonyl (C=O) groups excluding carboxylic acids is 1. The van der Waals surface area contributed by atoms with Gasteiger partial charge in [-0.3, -0.25) is 4.79 Å². The van der Waals surface area contributed by atoms with Crippen LogP contribution >= 0.6 is 11.3 Å². The van der Waals surface area contributed by atoms with Gasteiger partial charge >= 0.3 is 0 Å². The number of piperidine rings is 1. The molecule has 2 atom stereocenters. The molecular weight excluding hydrogens is 310 g/mol. The van der Waals surface area contributed by atoms with Gasteiger partial charge < -0.3 is 14.6 Å². The number of rotatable bonds is 2. The third-order valence-corrected chi connectivity index (χ3v) is 6.11. The SMILES string of the molecule is O=C(c1csc(-n2cccc2)n1)N1CCC2(O)CCCCC2C1. The molecule has 1 saturated carbocycles. The van der Waals surface area contributed by atoms with Gasteiger partial charge in [0.15, 0.2) is 5.13 Å². The van der Waals surface area contributed by atoms with E-state index in [4.69, 9.17) is 0 Å². The Morgan fingerprint density at radius 1 is 1.30 bits per heavy atom. The number of carbonyl (C=O) groups is 1. The van der Waals surface area contributed by atoms with Crippen LogP contribution in [0.25, 0.3) is 5.13 Å². The lowest BCUT2D eigenvalue weighted by atomic mass is 9.71. The van der Waals surface area contributed by atoms with Crippen molar-refractivity contribution < 1.29 is 9.90 Å². The molecule has 2 fully saturated rings. The number of aromatic nitrogens is 2. The lowest BCUT2D eigenvalue weighted by Crippen LogP contribution is -2.54. The third kappa shape index (κ3) is 2.70. The summed E-state index contributed by atoms with van der Waals surface area (Å²) in [5.74, 6) is 0.212. The lowest BCUT2D eigenvalue weighted by molar-refractivity contribution is -0.0886. The highest BCUT2D eigenvalue weighted by atomic mass is 32.1. The first-order chi connectivity index (χ1) is 11.2. The van der Waals surface area contributed by atoms with E-state index in [1.165, 1.54) is 11.3 Å². The molecule has 2 unspecified atom stereocenters. The fraction of sp³-hybridized carbons (Fsp3) is 0.529. The Labute approximate surface area is 139 Å². The molecule has 0 aromatic carbocycles. The molecule has 3 heterocycles. The zero-order valence-corrected chi connectivity index (χ0v) is 13.8. The maximum atomic E-state index is 12.7. The molecule has 1 N–H and O–H groups in total. The number of nitrogens with zero attached hydrogens (tertiary/aromatic N) is 3. The molecule has 5 nitrogen and oxygen atoms in total. The second-order valence-corrected chi connectivity index (χ2v) is 7.49. The summed E-state index contributed by atoms with van der Waals surface area (Å²) in [5.41, 5.74) is -0.0344. The first-order valence-corrected chi connectivity index (χ1v) is 9.14.